The van der Waals surface area contributed by atoms with E-state index in [0.29, 0.717) is 18.3 Å². The Kier molecular flexibility index (Phi) is 6.02. The van der Waals surface area contributed by atoms with Gasteiger partial charge in [0.1, 0.15) is 18.2 Å². The van der Waals surface area contributed by atoms with Gasteiger partial charge in [0.05, 0.1) is 17.7 Å². The molecule has 34 heavy (non-hydrogen) atoms. The minimum absolute atomic E-state index is 0.00234. The van der Waals surface area contributed by atoms with E-state index in [2.05, 4.69) is 5.32 Å². The van der Waals surface area contributed by atoms with E-state index in [1.165, 1.54) is 18.2 Å². The molecule has 0 radical (unpaired) electrons. The number of benzene rings is 3. The standard InChI is InChI=1S/C26H22ClF2NO4/c27-24-18(28)12-20-17(13-26(34-20,21-8-9-30-21)16-4-2-1-3-5-16)23(24)22-15(14-32)6-7-19(25(22)29)33-11-10-31/h1-7,12,14,21,30-31H,8-11,13H2. The topological polar surface area (TPSA) is 67.8 Å². The van der Waals surface area contributed by atoms with Crippen molar-refractivity contribution in [2.24, 2.45) is 0 Å². The number of halogens is 3. The van der Waals surface area contributed by atoms with E-state index in [0.717, 1.165) is 18.5 Å². The lowest BCUT2D eigenvalue weighted by atomic mass is 9.77. The highest BCUT2D eigenvalue weighted by Crippen LogP contribution is 2.52. The predicted octanol–water partition coefficient (Wildman–Crippen LogP) is 4.66. The molecule has 3 aromatic rings. The lowest BCUT2D eigenvalue weighted by Gasteiger charge is -2.43. The van der Waals surface area contributed by atoms with E-state index in [4.69, 9.17) is 26.2 Å². The van der Waals surface area contributed by atoms with E-state index in [1.54, 1.807) is 0 Å². The minimum Gasteiger partial charge on any atom is -0.488 e. The van der Waals surface area contributed by atoms with Crippen LogP contribution < -0.4 is 14.8 Å². The van der Waals surface area contributed by atoms with Gasteiger partial charge in [-0.1, -0.05) is 41.9 Å². The van der Waals surface area contributed by atoms with Crippen molar-refractivity contribution < 1.29 is 28.2 Å². The Morgan fingerprint density at radius 3 is 2.62 bits per heavy atom. The molecule has 5 rings (SSSR count). The molecular weight excluding hydrogens is 464 g/mol. The summed E-state index contributed by atoms with van der Waals surface area (Å²) in [4.78, 5) is 11.9. The quantitative estimate of drug-likeness (QED) is 0.476. The lowest BCUT2D eigenvalue weighted by Crippen LogP contribution is -2.59. The van der Waals surface area contributed by atoms with Crippen molar-refractivity contribution in [2.75, 3.05) is 19.8 Å². The molecule has 2 heterocycles. The van der Waals surface area contributed by atoms with Crippen molar-refractivity contribution in [2.45, 2.75) is 24.5 Å². The van der Waals surface area contributed by atoms with Crippen LogP contribution in [0.3, 0.4) is 0 Å². The number of nitrogens with one attached hydrogen (secondary N) is 1. The van der Waals surface area contributed by atoms with Crippen LogP contribution in [0.2, 0.25) is 5.02 Å². The van der Waals surface area contributed by atoms with Crippen LogP contribution >= 0.6 is 11.6 Å². The molecule has 2 N–H and O–H groups in total. The molecule has 0 spiro atoms. The largest absolute Gasteiger partial charge is 0.488 e. The maximum absolute atomic E-state index is 15.7. The van der Waals surface area contributed by atoms with Gasteiger partial charge in [-0.25, -0.2) is 8.78 Å². The van der Waals surface area contributed by atoms with E-state index in [1.807, 2.05) is 30.3 Å². The fourth-order valence-electron chi connectivity index (χ4n) is 4.82. The summed E-state index contributed by atoms with van der Waals surface area (Å²) in [7, 11) is 0. The predicted molar refractivity (Wildman–Crippen MR) is 124 cm³/mol. The van der Waals surface area contributed by atoms with E-state index < -0.39 is 17.2 Å². The molecule has 176 valence electrons. The van der Waals surface area contributed by atoms with Crippen LogP contribution in [0.15, 0.2) is 48.5 Å². The zero-order chi connectivity index (χ0) is 23.9. The molecule has 2 unspecified atom stereocenters. The van der Waals surface area contributed by atoms with Gasteiger partial charge in [-0.3, -0.25) is 4.79 Å². The summed E-state index contributed by atoms with van der Waals surface area (Å²) >= 11 is 6.43. The molecule has 0 saturated carbocycles. The number of aliphatic hydroxyl groups excluding tert-OH is 1. The highest BCUT2D eigenvalue weighted by molar-refractivity contribution is 6.34. The molecule has 0 aromatic heterocycles. The number of fused-ring (bicyclic) bond motifs is 1. The molecule has 5 nitrogen and oxygen atoms in total. The smallest absolute Gasteiger partial charge is 0.173 e. The Hall–Kier alpha value is -3.00. The molecule has 8 heteroatoms. The maximum atomic E-state index is 15.7. The van der Waals surface area contributed by atoms with Gasteiger partial charge in [-0.2, -0.15) is 0 Å². The van der Waals surface area contributed by atoms with Crippen molar-refractivity contribution in [1.82, 2.24) is 5.32 Å². The monoisotopic (exact) mass is 485 g/mol. The number of carbonyl (C=O) groups is 1. The van der Waals surface area contributed by atoms with Crippen LogP contribution in [-0.4, -0.2) is 37.2 Å². The molecule has 1 fully saturated rings. The number of hydrogen-bond donors (Lipinski definition) is 2. The summed E-state index contributed by atoms with van der Waals surface area (Å²) in [6, 6.07) is 13.5. The first-order valence-corrected chi connectivity index (χ1v) is 11.4. The van der Waals surface area contributed by atoms with E-state index in [-0.39, 0.29) is 52.5 Å². The summed E-state index contributed by atoms with van der Waals surface area (Å²) < 4.78 is 42.4. The normalized spacial score (nSPS) is 20.9. The first-order chi connectivity index (χ1) is 16.5. The average molecular weight is 486 g/mol. The first-order valence-electron chi connectivity index (χ1n) is 11.0. The Balaban J connectivity index is 1.72. The Bertz CT molecular complexity index is 1250. The van der Waals surface area contributed by atoms with Gasteiger partial charge in [0.15, 0.2) is 23.5 Å². The summed E-state index contributed by atoms with van der Waals surface area (Å²) in [5, 5.41) is 12.2. The van der Waals surface area contributed by atoms with Crippen LogP contribution in [0.25, 0.3) is 11.1 Å². The van der Waals surface area contributed by atoms with E-state index >= 15 is 8.78 Å². The fourth-order valence-corrected chi connectivity index (χ4v) is 5.08. The number of rotatable bonds is 7. The molecular formula is C26H22ClF2NO4. The van der Waals surface area contributed by atoms with Crippen LogP contribution in [0.5, 0.6) is 11.5 Å². The molecule has 2 aliphatic rings. The zero-order valence-corrected chi connectivity index (χ0v) is 18.9. The summed E-state index contributed by atoms with van der Waals surface area (Å²) in [6.45, 7) is 0.372. The number of carbonyl (C=O) groups excluding carboxylic acids is 1. The third kappa shape index (κ3) is 3.55. The van der Waals surface area contributed by atoms with Crippen molar-refractivity contribution in [3.8, 4) is 22.6 Å². The zero-order valence-electron chi connectivity index (χ0n) is 18.1. The second kappa shape index (κ2) is 8.98. The average Bonchev–Trinajstić information content (AvgIpc) is 3.18. The third-order valence-electron chi connectivity index (χ3n) is 6.53. The fraction of sp³-hybridized carbons (Fsp3) is 0.269. The van der Waals surface area contributed by atoms with Gasteiger partial charge in [0, 0.05) is 34.7 Å². The van der Waals surface area contributed by atoms with Crippen molar-refractivity contribution in [3.63, 3.8) is 0 Å². The molecule has 2 aliphatic heterocycles. The Labute approximate surface area is 200 Å². The second-order valence-electron chi connectivity index (χ2n) is 8.39. The van der Waals surface area contributed by atoms with Crippen molar-refractivity contribution in [3.05, 3.63) is 81.9 Å². The number of hydrogen-bond acceptors (Lipinski definition) is 5. The van der Waals surface area contributed by atoms with Crippen LogP contribution in [-0.2, 0) is 12.0 Å². The second-order valence-corrected chi connectivity index (χ2v) is 8.76. The van der Waals surface area contributed by atoms with Gasteiger partial charge in [-0.15, -0.1) is 0 Å². The molecule has 1 saturated heterocycles. The summed E-state index contributed by atoms with van der Waals surface area (Å²) in [5.41, 5.74) is 0.508. The van der Waals surface area contributed by atoms with E-state index in [9.17, 15) is 4.79 Å². The number of aldehydes is 1. The molecule has 3 aromatic carbocycles. The van der Waals surface area contributed by atoms with Gasteiger partial charge >= 0.3 is 0 Å². The molecule has 0 amide bonds. The molecule has 2 atom stereocenters. The van der Waals surface area contributed by atoms with Crippen molar-refractivity contribution in [1.29, 1.82) is 0 Å². The highest BCUT2D eigenvalue weighted by atomic mass is 35.5. The molecule has 0 aliphatic carbocycles. The van der Waals surface area contributed by atoms with Gasteiger partial charge < -0.3 is 19.9 Å². The summed E-state index contributed by atoms with van der Waals surface area (Å²) in [6.07, 6.45) is 1.65. The first kappa shape index (κ1) is 22.8. The van der Waals surface area contributed by atoms with Crippen molar-refractivity contribution >= 4 is 17.9 Å². The summed E-state index contributed by atoms with van der Waals surface area (Å²) in [5.74, 6) is -1.55. The lowest BCUT2D eigenvalue weighted by molar-refractivity contribution is 0.0190. The van der Waals surface area contributed by atoms with Crippen LogP contribution in [0.4, 0.5) is 8.78 Å². The highest BCUT2D eigenvalue weighted by Gasteiger charge is 2.51. The Morgan fingerprint density at radius 1 is 1.21 bits per heavy atom. The minimum atomic E-state index is -0.855. The van der Waals surface area contributed by atoms with Gasteiger partial charge in [0.25, 0.3) is 0 Å². The van der Waals surface area contributed by atoms with Gasteiger partial charge in [-0.05, 0) is 30.7 Å². The van der Waals surface area contributed by atoms with Crippen LogP contribution in [0, 0.1) is 11.6 Å². The van der Waals surface area contributed by atoms with Gasteiger partial charge in [0.2, 0.25) is 0 Å². The number of aliphatic hydroxyl groups is 1. The maximum Gasteiger partial charge on any atom is 0.173 e. The van der Waals surface area contributed by atoms with Crippen LogP contribution in [0.1, 0.15) is 27.9 Å². The number of ether oxygens (including phenoxy) is 2. The third-order valence-corrected chi connectivity index (χ3v) is 6.90. The molecule has 0 bridgehead atoms. The Morgan fingerprint density at radius 2 is 1.97 bits per heavy atom. The SMILES string of the molecule is O=Cc1ccc(OCCO)c(F)c1-c1c(Cl)c(F)cc2c1CC(c1ccccc1)(C1CCN1)O2.